The van der Waals surface area contributed by atoms with Gasteiger partial charge in [-0.2, -0.15) is 0 Å². The van der Waals surface area contributed by atoms with Crippen molar-refractivity contribution in [3.05, 3.63) is 22.9 Å². The fourth-order valence-electron chi connectivity index (χ4n) is 2.47. The lowest BCUT2D eigenvalue weighted by Crippen LogP contribution is -2.19. The Balaban J connectivity index is 2.19. The lowest BCUT2D eigenvalue weighted by atomic mass is 9.79. The van der Waals surface area contributed by atoms with Crippen LogP contribution in [0.1, 0.15) is 40.5 Å². The van der Waals surface area contributed by atoms with E-state index in [9.17, 15) is 0 Å². The van der Waals surface area contributed by atoms with Gasteiger partial charge in [0.1, 0.15) is 0 Å². The molecule has 1 N–H and O–H groups in total. The van der Waals surface area contributed by atoms with Crippen molar-refractivity contribution >= 4 is 0 Å². The second-order valence-corrected chi connectivity index (χ2v) is 5.51. The van der Waals surface area contributed by atoms with Crippen LogP contribution in [0.2, 0.25) is 0 Å². The first kappa shape index (κ1) is 9.82. The largest absolute Gasteiger partial charge is 0.387 e. The predicted molar refractivity (Wildman–Crippen MR) is 61.0 cm³/mol. The van der Waals surface area contributed by atoms with E-state index >= 15 is 0 Å². The van der Waals surface area contributed by atoms with Gasteiger partial charge in [0, 0.05) is 24.1 Å². The molecule has 0 amide bonds. The Hall–Kier alpha value is -0.720. The monoisotopic (exact) mass is 191 g/mol. The minimum atomic E-state index is 0.383. The highest BCUT2D eigenvalue weighted by molar-refractivity contribution is 5.36. The van der Waals surface area contributed by atoms with E-state index < -0.39 is 0 Å². The lowest BCUT2D eigenvalue weighted by molar-refractivity contribution is 0.462. The Morgan fingerprint density at radius 3 is 2.71 bits per heavy atom. The van der Waals surface area contributed by atoms with Crippen LogP contribution in [-0.4, -0.2) is 6.54 Å². The van der Waals surface area contributed by atoms with Crippen molar-refractivity contribution in [3.63, 3.8) is 0 Å². The zero-order chi connectivity index (χ0) is 10.3. The summed E-state index contributed by atoms with van der Waals surface area (Å²) in [6, 6.07) is 0. The summed E-state index contributed by atoms with van der Waals surface area (Å²) in [5.41, 5.74) is 5.14. The molecule has 78 valence electrons. The van der Waals surface area contributed by atoms with Crippen molar-refractivity contribution in [3.8, 4) is 0 Å². The van der Waals surface area contributed by atoms with Crippen molar-refractivity contribution < 1.29 is 0 Å². The first-order valence-corrected chi connectivity index (χ1v) is 5.66. The molecule has 0 saturated carbocycles. The van der Waals surface area contributed by atoms with E-state index in [2.05, 4.69) is 39.1 Å². The topological polar surface area (TPSA) is 12.0 Å². The average Bonchev–Trinajstić information content (AvgIpc) is 2.42. The van der Waals surface area contributed by atoms with E-state index in [1.165, 1.54) is 12.1 Å². The highest BCUT2D eigenvalue weighted by Crippen LogP contribution is 2.41. The average molecular weight is 191 g/mol. The molecule has 1 nitrogen and oxygen atoms in total. The van der Waals surface area contributed by atoms with Crippen LogP contribution in [0.15, 0.2) is 22.9 Å². The maximum absolute atomic E-state index is 3.57. The van der Waals surface area contributed by atoms with Gasteiger partial charge in [0.25, 0.3) is 0 Å². The minimum absolute atomic E-state index is 0.383. The molecule has 0 spiro atoms. The Morgan fingerprint density at radius 1 is 1.36 bits per heavy atom. The van der Waals surface area contributed by atoms with E-state index in [4.69, 9.17) is 0 Å². The minimum Gasteiger partial charge on any atom is -0.387 e. The first-order chi connectivity index (χ1) is 6.50. The molecule has 0 aromatic heterocycles. The van der Waals surface area contributed by atoms with Crippen LogP contribution in [-0.2, 0) is 0 Å². The molecular formula is C13H21N. The van der Waals surface area contributed by atoms with Gasteiger partial charge in [-0.15, -0.1) is 0 Å². The van der Waals surface area contributed by atoms with E-state index in [1.807, 2.05) is 0 Å². The number of rotatable bonds is 1. The van der Waals surface area contributed by atoms with Crippen molar-refractivity contribution in [2.45, 2.75) is 40.5 Å². The Labute approximate surface area is 87.3 Å². The van der Waals surface area contributed by atoms with Crippen LogP contribution in [0.5, 0.6) is 0 Å². The summed E-state index contributed by atoms with van der Waals surface area (Å²) in [7, 11) is 0. The molecule has 2 aliphatic rings. The van der Waals surface area contributed by atoms with Crippen LogP contribution in [0.4, 0.5) is 0 Å². The molecule has 0 atom stereocenters. The molecule has 1 heterocycles. The number of nitrogens with one attached hydrogen (secondary N) is 1. The lowest BCUT2D eigenvalue weighted by Gasteiger charge is -2.24. The van der Waals surface area contributed by atoms with Gasteiger partial charge in [0.15, 0.2) is 0 Å². The van der Waals surface area contributed by atoms with Crippen LogP contribution in [0.25, 0.3) is 0 Å². The normalized spacial score (nSPS) is 24.8. The van der Waals surface area contributed by atoms with Crippen molar-refractivity contribution in [2.75, 3.05) is 6.54 Å². The first-order valence-electron chi connectivity index (χ1n) is 5.66. The number of allylic oxidation sites excluding steroid dienone is 2. The maximum atomic E-state index is 3.57. The second-order valence-electron chi connectivity index (χ2n) is 5.51. The van der Waals surface area contributed by atoms with E-state index in [0.717, 1.165) is 13.0 Å². The predicted octanol–water partition coefficient (Wildman–Crippen LogP) is 3.25. The van der Waals surface area contributed by atoms with Gasteiger partial charge in [-0.3, -0.25) is 0 Å². The van der Waals surface area contributed by atoms with E-state index in [1.54, 1.807) is 11.1 Å². The number of hydrogen-bond donors (Lipinski definition) is 1. The third-order valence-electron chi connectivity index (χ3n) is 3.62. The van der Waals surface area contributed by atoms with Gasteiger partial charge in [0.05, 0.1) is 0 Å². The Kier molecular flexibility index (Phi) is 2.21. The van der Waals surface area contributed by atoms with Crippen molar-refractivity contribution in [1.82, 2.24) is 5.32 Å². The molecule has 1 aliphatic carbocycles. The third-order valence-corrected chi connectivity index (χ3v) is 3.62. The smallest absolute Gasteiger partial charge is 0.0233 e. The second kappa shape index (κ2) is 3.15. The molecule has 14 heavy (non-hydrogen) atoms. The summed E-state index contributed by atoms with van der Waals surface area (Å²) in [5.74, 6) is 0.703. The third kappa shape index (κ3) is 1.49. The summed E-state index contributed by atoms with van der Waals surface area (Å²) < 4.78 is 0. The maximum Gasteiger partial charge on any atom is 0.0233 e. The SMILES string of the molecule is CC(C)C1=CCC2=C(C1)NCC2(C)C. The highest BCUT2D eigenvalue weighted by atomic mass is 14.9. The Bertz CT molecular complexity index is 305. The van der Waals surface area contributed by atoms with Gasteiger partial charge in [-0.25, -0.2) is 0 Å². The van der Waals surface area contributed by atoms with Crippen LogP contribution in [0, 0.1) is 11.3 Å². The van der Waals surface area contributed by atoms with E-state index in [0.29, 0.717) is 11.3 Å². The van der Waals surface area contributed by atoms with Crippen LogP contribution in [0.3, 0.4) is 0 Å². The summed E-state index contributed by atoms with van der Waals surface area (Å²) in [4.78, 5) is 0. The molecule has 0 unspecified atom stereocenters. The summed E-state index contributed by atoms with van der Waals surface area (Å²) in [5, 5.41) is 3.57. The fraction of sp³-hybridized carbons (Fsp3) is 0.692. The van der Waals surface area contributed by atoms with E-state index in [-0.39, 0.29) is 0 Å². The van der Waals surface area contributed by atoms with Gasteiger partial charge < -0.3 is 5.32 Å². The molecule has 0 fully saturated rings. The molecular weight excluding hydrogens is 170 g/mol. The van der Waals surface area contributed by atoms with Gasteiger partial charge in [0.2, 0.25) is 0 Å². The van der Waals surface area contributed by atoms with Gasteiger partial charge in [-0.05, 0) is 17.9 Å². The molecule has 1 aliphatic heterocycles. The number of hydrogen-bond acceptors (Lipinski definition) is 1. The van der Waals surface area contributed by atoms with Gasteiger partial charge >= 0.3 is 0 Å². The zero-order valence-electron chi connectivity index (χ0n) is 9.78. The summed E-state index contributed by atoms with van der Waals surface area (Å²) in [6.45, 7) is 10.4. The fourth-order valence-corrected chi connectivity index (χ4v) is 2.47. The van der Waals surface area contributed by atoms with Crippen molar-refractivity contribution in [2.24, 2.45) is 11.3 Å². The molecule has 0 radical (unpaired) electrons. The molecule has 0 saturated heterocycles. The Morgan fingerprint density at radius 2 is 2.07 bits per heavy atom. The molecule has 0 aromatic carbocycles. The molecule has 0 aromatic rings. The highest BCUT2D eigenvalue weighted by Gasteiger charge is 2.33. The van der Waals surface area contributed by atoms with Crippen molar-refractivity contribution in [1.29, 1.82) is 0 Å². The molecule has 0 bridgehead atoms. The van der Waals surface area contributed by atoms with Gasteiger partial charge in [-0.1, -0.05) is 39.3 Å². The molecule has 2 rings (SSSR count). The van der Waals surface area contributed by atoms with Crippen LogP contribution < -0.4 is 5.32 Å². The standard InChI is InChI=1S/C13H21N/c1-9(2)10-5-6-11-12(7-10)14-8-13(11,3)4/h5,9,14H,6-8H2,1-4H3. The van der Waals surface area contributed by atoms with Crippen LogP contribution >= 0.6 is 0 Å². The summed E-state index contributed by atoms with van der Waals surface area (Å²) in [6.07, 6.45) is 4.78. The molecule has 1 heteroatoms. The summed E-state index contributed by atoms with van der Waals surface area (Å²) >= 11 is 0. The zero-order valence-corrected chi connectivity index (χ0v) is 9.78. The quantitative estimate of drug-likeness (QED) is 0.627.